The van der Waals surface area contributed by atoms with E-state index in [4.69, 9.17) is 16.3 Å². The summed E-state index contributed by atoms with van der Waals surface area (Å²) in [7, 11) is 0. The zero-order valence-corrected chi connectivity index (χ0v) is 13.4. The molecule has 1 aliphatic heterocycles. The fourth-order valence-electron chi connectivity index (χ4n) is 2.38. The van der Waals surface area contributed by atoms with Crippen molar-refractivity contribution in [3.05, 3.63) is 34.9 Å². The van der Waals surface area contributed by atoms with Crippen LogP contribution in [0.5, 0.6) is 0 Å². The molecule has 0 aliphatic carbocycles. The predicted molar refractivity (Wildman–Crippen MR) is 84.7 cm³/mol. The third-order valence-corrected chi connectivity index (χ3v) is 4.00. The van der Waals surface area contributed by atoms with Gasteiger partial charge in [0.25, 0.3) is 0 Å². The zero-order chi connectivity index (χ0) is 15.3. The van der Waals surface area contributed by atoms with Crippen LogP contribution in [0.1, 0.15) is 25.8 Å². The van der Waals surface area contributed by atoms with E-state index in [-0.39, 0.29) is 17.4 Å². The number of halogens is 1. The maximum absolute atomic E-state index is 12.0. The van der Waals surface area contributed by atoms with Crippen molar-refractivity contribution in [2.45, 2.75) is 31.7 Å². The van der Waals surface area contributed by atoms with Gasteiger partial charge < -0.3 is 15.4 Å². The van der Waals surface area contributed by atoms with Crippen molar-refractivity contribution in [3.63, 3.8) is 0 Å². The number of rotatable bonds is 5. The van der Waals surface area contributed by atoms with Crippen LogP contribution in [0.15, 0.2) is 24.3 Å². The number of benzene rings is 1. The molecule has 0 saturated carbocycles. The van der Waals surface area contributed by atoms with Gasteiger partial charge in [-0.1, -0.05) is 37.6 Å². The van der Waals surface area contributed by atoms with Gasteiger partial charge in [0.2, 0.25) is 5.91 Å². The van der Waals surface area contributed by atoms with E-state index in [1.54, 1.807) is 0 Å². The van der Waals surface area contributed by atoms with E-state index in [1.165, 1.54) is 0 Å². The van der Waals surface area contributed by atoms with Gasteiger partial charge in [-0.05, 0) is 17.7 Å². The van der Waals surface area contributed by atoms with Crippen LogP contribution in [-0.2, 0) is 14.9 Å². The molecule has 2 N–H and O–H groups in total. The summed E-state index contributed by atoms with van der Waals surface area (Å²) in [4.78, 5) is 12.0. The summed E-state index contributed by atoms with van der Waals surface area (Å²) in [5.74, 6) is 0.0492. The van der Waals surface area contributed by atoms with Gasteiger partial charge in [-0.15, -0.1) is 0 Å². The molecular weight excluding hydrogens is 288 g/mol. The molecule has 1 saturated heterocycles. The Morgan fingerprint density at radius 3 is 3.00 bits per heavy atom. The molecular formula is C16H23ClN2O2. The van der Waals surface area contributed by atoms with Gasteiger partial charge in [0.05, 0.1) is 13.2 Å². The Morgan fingerprint density at radius 1 is 1.52 bits per heavy atom. The van der Waals surface area contributed by atoms with E-state index in [0.717, 1.165) is 23.7 Å². The molecule has 0 aromatic heterocycles. The molecule has 0 radical (unpaired) electrons. The molecule has 1 amide bonds. The molecule has 21 heavy (non-hydrogen) atoms. The van der Waals surface area contributed by atoms with E-state index >= 15 is 0 Å². The smallest absolute Gasteiger partial charge is 0.221 e. The summed E-state index contributed by atoms with van der Waals surface area (Å²) in [5.41, 5.74) is 0.964. The molecule has 1 atom stereocenters. The van der Waals surface area contributed by atoms with Crippen LogP contribution >= 0.6 is 11.6 Å². The summed E-state index contributed by atoms with van der Waals surface area (Å²) in [6, 6.07) is 7.89. The highest BCUT2D eigenvalue weighted by molar-refractivity contribution is 6.30. The Labute approximate surface area is 131 Å². The van der Waals surface area contributed by atoms with Crippen molar-refractivity contribution >= 4 is 17.5 Å². The Bertz CT molecular complexity index is 485. The number of nitrogens with one attached hydrogen (secondary N) is 2. The van der Waals surface area contributed by atoms with E-state index < -0.39 is 0 Å². The number of hydrogen-bond acceptors (Lipinski definition) is 3. The van der Waals surface area contributed by atoms with E-state index in [9.17, 15) is 4.79 Å². The van der Waals surface area contributed by atoms with Gasteiger partial charge in [0.1, 0.15) is 0 Å². The monoisotopic (exact) mass is 310 g/mol. The summed E-state index contributed by atoms with van der Waals surface area (Å²) in [5, 5.41) is 7.01. The quantitative estimate of drug-likeness (QED) is 0.876. The lowest BCUT2D eigenvalue weighted by Crippen LogP contribution is -2.45. The van der Waals surface area contributed by atoms with E-state index in [0.29, 0.717) is 19.6 Å². The average molecular weight is 311 g/mol. The van der Waals surface area contributed by atoms with Crippen LogP contribution in [0.3, 0.4) is 0 Å². The molecule has 1 aromatic rings. The van der Waals surface area contributed by atoms with Gasteiger partial charge in [-0.25, -0.2) is 0 Å². The molecule has 2 rings (SSSR count). The largest absolute Gasteiger partial charge is 0.378 e. The van der Waals surface area contributed by atoms with Gasteiger partial charge >= 0.3 is 0 Å². The third-order valence-electron chi connectivity index (χ3n) is 3.76. The summed E-state index contributed by atoms with van der Waals surface area (Å²) in [6.45, 7) is 6.92. The minimum Gasteiger partial charge on any atom is -0.378 e. The first-order valence-corrected chi connectivity index (χ1v) is 7.69. The van der Waals surface area contributed by atoms with Crippen molar-refractivity contribution in [2.24, 2.45) is 0 Å². The van der Waals surface area contributed by atoms with Crippen molar-refractivity contribution in [1.29, 1.82) is 0 Å². The topological polar surface area (TPSA) is 50.4 Å². The first kappa shape index (κ1) is 16.3. The highest BCUT2D eigenvalue weighted by Gasteiger charge is 2.23. The molecule has 1 aromatic carbocycles. The van der Waals surface area contributed by atoms with Gasteiger partial charge in [0.15, 0.2) is 0 Å². The van der Waals surface area contributed by atoms with Crippen molar-refractivity contribution in [2.75, 3.05) is 26.3 Å². The number of carbonyl (C=O) groups excluding carboxylic acids is 1. The molecule has 1 unspecified atom stereocenters. The first-order chi connectivity index (χ1) is 9.97. The van der Waals surface area contributed by atoms with E-state index in [1.807, 2.05) is 24.3 Å². The van der Waals surface area contributed by atoms with Crippen LogP contribution in [-0.4, -0.2) is 38.3 Å². The Kier molecular flexibility index (Phi) is 5.62. The molecule has 5 heteroatoms. The van der Waals surface area contributed by atoms with Gasteiger partial charge in [-0.2, -0.15) is 0 Å². The highest BCUT2D eigenvalue weighted by atomic mass is 35.5. The number of hydrogen-bond donors (Lipinski definition) is 2. The predicted octanol–water partition coefficient (Wildman–Crippen LogP) is 2.11. The minimum absolute atomic E-state index is 0.0492. The lowest BCUT2D eigenvalue weighted by Gasteiger charge is -2.27. The SMILES string of the molecule is CC(C)(CNC(=O)CC1COCCN1)c1cccc(Cl)c1. The van der Waals surface area contributed by atoms with E-state index in [2.05, 4.69) is 24.5 Å². The Balaban J connectivity index is 1.84. The Hall–Kier alpha value is -1.10. The number of ether oxygens (including phenoxy) is 1. The van der Waals surface area contributed by atoms with Crippen molar-refractivity contribution in [1.82, 2.24) is 10.6 Å². The molecule has 1 aliphatic rings. The van der Waals surface area contributed by atoms with Crippen LogP contribution < -0.4 is 10.6 Å². The Morgan fingerprint density at radius 2 is 2.33 bits per heavy atom. The second-order valence-electron chi connectivity index (χ2n) is 6.10. The fourth-order valence-corrected chi connectivity index (χ4v) is 2.57. The highest BCUT2D eigenvalue weighted by Crippen LogP contribution is 2.24. The maximum Gasteiger partial charge on any atom is 0.221 e. The molecule has 4 nitrogen and oxygen atoms in total. The van der Waals surface area contributed by atoms with Crippen molar-refractivity contribution in [3.8, 4) is 0 Å². The molecule has 116 valence electrons. The van der Waals surface area contributed by atoms with Crippen LogP contribution in [0, 0.1) is 0 Å². The summed E-state index contributed by atoms with van der Waals surface area (Å²) < 4.78 is 5.35. The van der Waals surface area contributed by atoms with Gasteiger partial charge in [-0.3, -0.25) is 4.79 Å². The average Bonchev–Trinajstić information content (AvgIpc) is 2.46. The van der Waals surface area contributed by atoms with Crippen LogP contribution in [0.25, 0.3) is 0 Å². The standard InChI is InChI=1S/C16H23ClN2O2/c1-16(2,12-4-3-5-13(17)8-12)11-19-15(20)9-14-10-21-7-6-18-14/h3-5,8,14,18H,6-7,9-11H2,1-2H3,(H,19,20). The molecule has 0 bridgehead atoms. The molecule has 1 heterocycles. The number of morpholine rings is 1. The lowest BCUT2D eigenvalue weighted by molar-refractivity contribution is -0.122. The first-order valence-electron chi connectivity index (χ1n) is 7.31. The number of amides is 1. The summed E-state index contributed by atoms with van der Waals surface area (Å²) in [6.07, 6.45) is 0.450. The lowest BCUT2D eigenvalue weighted by atomic mass is 9.84. The van der Waals surface area contributed by atoms with Crippen LogP contribution in [0.4, 0.5) is 0 Å². The van der Waals surface area contributed by atoms with Gasteiger partial charge in [0, 0.05) is 36.0 Å². The normalized spacial score (nSPS) is 19.3. The minimum atomic E-state index is -0.156. The van der Waals surface area contributed by atoms with Crippen LogP contribution in [0.2, 0.25) is 5.02 Å². The summed E-state index contributed by atoms with van der Waals surface area (Å²) >= 11 is 6.03. The third kappa shape index (κ3) is 4.99. The second-order valence-corrected chi connectivity index (χ2v) is 6.54. The second kappa shape index (κ2) is 7.25. The number of carbonyl (C=O) groups is 1. The van der Waals surface area contributed by atoms with Crippen molar-refractivity contribution < 1.29 is 9.53 Å². The maximum atomic E-state index is 12.0. The molecule has 0 spiro atoms. The zero-order valence-electron chi connectivity index (χ0n) is 12.6. The fraction of sp³-hybridized carbons (Fsp3) is 0.562. The molecule has 1 fully saturated rings.